The molecule has 0 aliphatic carbocycles. The van der Waals surface area contributed by atoms with Crippen molar-refractivity contribution in [2.24, 2.45) is 7.05 Å². The number of carbonyl (C=O) groups is 1. The Bertz CT molecular complexity index is 495. The molecule has 1 rings (SSSR count). The molecule has 0 aromatic carbocycles. The molecule has 0 saturated carbocycles. The van der Waals surface area contributed by atoms with Crippen molar-refractivity contribution in [2.45, 2.75) is 30.6 Å². The lowest BCUT2D eigenvalue weighted by Gasteiger charge is -2.03. The van der Waals surface area contributed by atoms with Gasteiger partial charge in [0.1, 0.15) is 4.90 Å². The molecule has 0 unspecified atom stereocenters. The number of carboxylic acids is 1. The molecule has 0 fully saturated rings. The highest BCUT2D eigenvalue weighted by atomic mass is 32.2. The van der Waals surface area contributed by atoms with Crippen molar-refractivity contribution in [3.63, 3.8) is 0 Å². The van der Waals surface area contributed by atoms with E-state index in [9.17, 15) is 13.2 Å². The van der Waals surface area contributed by atoms with Crippen LogP contribution < -0.4 is 4.72 Å². The second-order valence-corrected chi connectivity index (χ2v) is 5.72. The minimum atomic E-state index is -3.49. The number of nitrogens with one attached hydrogen (secondary N) is 1. The molecule has 7 nitrogen and oxygen atoms in total. The average Bonchev–Trinajstić information content (AvgIpc) is 2.70. The van der Waals surface area contributed by atoms with E-state index in [1.807, 2.05) is 0 Å². The third kappa shape index (κ3) is 4.84. The Morgan fingerprint density at radius 1 is 1.44 bits per heavy atom. The summed E-state index contributed by atoms with van der Waals surface area (Å²) in [6.45, 7) is 0.302. The van der Waals surface area contributed by atoms with E-state index < -0.39 is 16.0 Å². The number of hydrogen-bond acceptors (Lipinski definition) is 4. The molecule has 0 radical (unpaired) electrons. The first kappa shape index (κ1) is 14.7. The summed E-state index contributed by atoms with van der Waals surface area (Å²) in [5.41, 5.74) is 0. The van der Waals surface area contributed by atoms with Crippen LogP contribution in [-0.2, 0) is 21.9 Å². The molecule has 0 spiro atoms. The predicted molar refractivity (Wildman–Crippen MR) is 64.5 cm³/mol. The first-order chi connectivity index (χ1) is 8.42. The van der Waals surface area contributed by atoms with E-state index in [1.54, 1.807) is 7.05 Å². The maximum absolute atomic E-state index is 11.7. The van der Waals surface area contributed by atoms with Gasteiger partial charge in [-0.15, -0.1) is 0 Å². The van der Waals surface area contributed by atoms with E-state index in [1.165, 1.54) is 17.1 Å². The van der Waals surface area contributed by atoms with Crippen molar-refractivity contribution in [3.05, 3.63) is 12.4 Å². The fourth-order valence-electron chi connectivity index (χ4n) is 1.41. The van der Waals surface area contributed by atoms with Crippen LogP contribution in [0.2, 0.25) is 0 Å². The molecule has 0 aliphatic rings. The highest BCUT2D eigenvalue weighted by molar-refractivity contribution is 7.89. The first-order valence-electron chi connectivity index (χ1n) is 5.62. The maximum atomic E-state index is 11.7. The van der Waals surface area contributed by atoms with Crippen LogP contribution in [0.25, 0.3) is 0 Å². The van der Waals surface area contributed by atoms with Crippen LogP contribution in [0.1, 0.15) is 25.7 Å². The van der Waals surface area contributed by atoms with Gasteiger partial charge in [-0.25, -0.2) is 13.1 Å². The third-order valence-electron chi connectivity index (χ3n) is 2.35. The van der Waals surface area contributed by atoms with Crippen LogP contribution in [0.3, 0.4) is 0 Å². The Labute approximate surface area is 106 Å². The van der Waals surface area contributed by atoms with Gasteiger partial charge in [0, 0.05) is 26.2 Å². The maximum Gasteiger partial charge on any atom is 0.303 e. The molecule has 0 atom stereocenters. The number of unbranched alkanes of at least 4 members (excludes halogenated alkanes) is 2. The summed E-state index contributed by atoms with van der Waals surface area (Å²) in [6.07, 6.45) is 4.69. The molecule has 102 valence electrons. The molecule has 1 heterocycles. The van der Waals surface area contributed by atoms with Crippen LogP contribution in [0.5, 0.6) is 0 Å². The third-order valence-corrected chi connectivity index (χ3v) is 3.77. The second-order valence-electron chi connectivity index (χ2n) is 3.95. The van der Waals surface area contributed by atoms with Gasteiger partial charge in [0.25, 0.3) is 0 Å². The molecule has 0 saturated heterocycles. The molecule has 0 amide bonds. The largest absolute Gasteiger partial charge is 0.481 e. The standard InChI is InChI=1S/C10H17N3O4S/c1-13-8-9(7-11-13)18(16,17)12-6-4-2-3-5-10(14)15/h7-8,12H,2-6H2,1H3,(H,14,15). The smallest absolute Gasteiger partial charge is 0.303 e. The lowest BCUT2D eigenvalue weighted by atomic mass is 10.2. The Morgan fingerprint density at radius 3 is 2.72 bits per heavy atom. The molecule has 1 aromatic rings. The fourth-order valence-corrected chi connectivity index (χ4v) is 2.46. The monoisotopic (exact) mass is 275 g/mol. The molecule has 1 aromatic heterocycles. The molecular formula is C10H17N3O4S. The summed E-state index contributed by atoms with van der Waals surface area (Å²) < 4.78 is 27.3. The lowest BCUT2D eigenvalue weighted by molar-refractivity contribution is -0.137. The van der Waals surface area contributed by atoms with Gasteiger partial charge in [-0.2, -0.15) is 5.10 Å². The van der Waals surface area contributed by atoms with Gasteiger partial charge in [-0.3, -0.25) is 9.48 Å². The van der Waals surface area contributed by atoms with Crippen LogP contribution in [0, 0.1) is 0 Å². The van der Waals surface area contributed by atoms with Gasteiger partial charge < -0.3 is 5.11 Å². The molecule has 0 aliphatic heterocycles. The number of aryl methyl sites for hydroxylation is 1. The van der Waals surface area contributed by atoms with Crippen LogP contribution in [0.4, 0.5) is 0 Å². The first-order valence-corrected chi connectivity index (χ1v) is 7.10. The van der Waals surface area contributed by atoms with Crippen molar-refractivity contribution in [1.82, 2.24) is 14.5 Å². The number of nitrogens with zero attached hydrogens (tertiary/aromatic N) is 2. The van der Waals surface area contributed by atoms with Gasteiger partial charge in [0.15, 0.2) is 0 Å². The van der Waals surface area contributed by atoms with Crippen LogP contribution >= 0.6 is 0 Å². The Kier molecular flexibility index (Phi) is 5.29. The quantitative estimate of drug-likeness (QED) is 0.666. The second kappa shape index (κ2) is 6.50. The number of hydrogen-bond donors (Lipinski definition) is 2. The Morgan fingerprint density at radius 2 is 2.17 bits per heavy atom. The van der Waals surface area contributed by atoms with E-state index in [4.69, 9.17) is 5.11 Å². The Balaban J connectivity index is 2.28. The van der Waals surface area contributed by atoms with Gasteiger partial charge in [-0.05, 0) is 12.8 Å². The average molecular weight is 275 g/mol. The van der Waals surface area contributed by atoms with Crippen molar-refractivity contribution in [2.75, 3.05) is 6.54 Å². The zero-order chi connectivity index (χ0) is 13.6. The summed E-state index contributed by atoms with van der Waals surface area (Å²) in [5, 5.41) is 12.2. The molecule has 18 heavy (non-hydrogen) atoms. The van der Waals surface area contributed by atoms with Crippen LogP contribution in [0.15, 0.2) is 17.3 Å². The summed E-state index contributed by atoms with van der Waals surface area (Å²) in [7, 11) is -1.85. The number of aliphatic carboxylic acids is 1. The zero-order valence-electron chi connectivity index (χ0n) is 10.2. The summed E-state index contributed by atoms with van der Waals surface area (Å²) in [5.74, 6) is -0.828. The molecule has 0 bridgehead atoms. The van der Waals surface area contributed by atoms with Crippen molar-refractivity contribution < 1.29 is 18.3 Å². The van der Waals surface area contributed by atoms with Gasteiger partial charge in [0.2, 0.25) is 10.0 Å². The number of rotatable bonds is 8. The number of aromatic nitrogens is 2. The van der Waals surface area contributed by atoms with E-state index in [0.717, 1.165) is 0 Å². The minimum Gasteiger partial charge on any atom is -0.481 e. The molecule has 2 N–H and O–H groups in total. The summed E-state index contributed by atoms with van der Waals surface area (Å²) >= 11 is 0. The van der Waals surface area contributed by atoms with Gasteiger partial charge in [0.05, 0.1) is 6.20 Å². The predicted octanol–water partition coefficient (Wildman–Crippen LogP) is 0.343. The van der Waals surface area contributed by atoms with Crippen molar-refractivity contribution in [1.29, 1.82) is 0 Å². The molecule has 8 heteroatoms. The lowest BCUT2D eigenvalue weighted by Crippen LogP contribution is -2.24. The number of carboxylic acid groups (broad SMARTS) is 1. The summed E-state index contributed by atoms with van der Waals surface area (Å²) in [4.78, 5) is 10.4. The van der Waals surface area contributed by atoms with Gasteiger partial charge in [-0.1, -0.05) is 6.42 Å². The number of sulfonamides is 1. The van der Waals surface area contributed by atoms with E-state index in [2.05, 4.69) is 9.82 Å². The van der Waals surface area contributed by atoms with Crippen molar-refractivity contribution >= 4 is 16.0 Å². The molecular weight excluding hydrogens is 258 g/mol. The fraction of sp³-hybridized carbons (Fsp3) is 0.600. The van der Waals surface area contributed by atoms with Gasteiger partial charge >= 0.3 is 5.97 Å². The topological polar surface area (TPSA) is 101 Å². The minimum absolute atomic E-state index is 0.120. The van der Waals surface area contributed by atoms with Crippen LogP contribution in [-0.4, -0.2) is 35.8 Å². The SMILES string of the molecule is Cn1cc(S(=O)(=O)NCCCCCC(=O)O)cn1. The Hall–Kier alpha value is -1.41. The van der Waals surface area contributed by atoms with E-state index in [-0.39, 0.29) is 11.3 Å². The summed E-state index contributed by atoms with van der Waals surface area (Å²) in [6, 6.07) is 0. The van der Waals surface area contributed by atoms with E-state index in [0.29, 0.717) is 25.8 Å². The van der Waals surface area contributed by atoms with Crippen molar-refractivity contribution in [3.8, 4) is 0 Å². The highest BCUT2D eigenvalue weighted by Crippen LogP contribution is 2.06. The normalized spacial score (nSPS) is 11.6. The zero-order valence-corrected chi connectivity index (χ0v) is 11.0. The highest BCUT2D eigenvalue weighted by Gasteiger charge is 2.14. The van der Waals surface area contributed by atoms with E-state index >= 15 is 0 Å².